The third kappa shape index (κ3) is 1.61. The number of amides is 1. The van der Waals surface area contributed by atoms with Crippen molar-refractivity contribution in [2.45, 2.75) is 6.42 Å². The quantitative estimate of drug-likeness (QED) is 0.436. The number of benzene rings is 1. The second kappa shape index (κ2) is 3.87. The zero-order valence-corrected chi connectivity index (χ0v) is 10.7. The van der Waals surface area contributed by atoms with Gasteiger partial charge in [-0.2, -0.15) is 0 Å². The lowest BCUT2D eigenvalue weighted by atomic mass is 10.1. The molecule has 2 nitrogen and oxygen atoms in total. The first-order valence-electron chi connectivity index (χ1n) is 4.05. The van der Waals surface area contributed by atoms with E-state index in [1.54, 1.807) is 11.0 Å². The average molecular weight is 342 g/mol. The molecule has 0 radical (unpaired) electrons. The van der Waals surface area contributed by atoms with Crippen LogP contribution in [0, 0.1) is 3.57 Å². The van der Waals surface area contributed by atoms with Gasteiger partial charge in [-0.3, -0.25) is 4.79 Å². The molecule has 0 N–H and O–H groups in total. The first-order valence-corrected chi connectivity index (χ1v) is 5.88. The molecule has 2 rings (SSSR count). The third-order valence-electron chi connectivity index (χ3n) is 2.14. The second-order valence-corrected chi connectivity index (χ2v) is 4.93. The first-order chi connectivity index (χ1) is 6.61. The maximum atomic E-state index is 11.3. The maximum Gasteiger partial charge on any atom is 0.228 e. The molecule has 1 amide bonds. The van der Waals surface area contributed by atoms with Crippen molar-refractivity contribution >= 4 is 57.4 Å². The summed E-state index contributed by atoms with van der Waals surface area (Å²) in [5.74, 6) is 0.104. The fourth-order valence-corrected chi connectivity index (χ4v) is 2.63. The number of anilines is 1. The molecule has 0 aromatic heterocycles. The molecule has 5 heteroatoms. The van der Waals surface area contributed by atoms with Crippen molar-refractivity contribution in [3.63, 3.8) is 0 Å². The van der Waals surface area contributed by atoms with Crippen LogP contribution < -0.4 is 4.90 Å². The number of hydrogen-bond donors (Lipinski definition) is 0. The van der Waals surface area contributed by atoms with Gasteiger partial charge in [-0.15, -0.1) is 0 Å². The highest BCUT2D eigenvalue weighted by atomic mass is 127. The molecule has 1 fully saturated rings. The van der Waals surface area contributed by atoms with E-state index in [1.807, 2.05) is 6.07 Å². The monoisotopic (exact) mass is 341 g/mol. The van der Waals surface area contributed by atoms with Gasteiger partial charge in [-0.25, -0.2) is 0 Å². The van der Waals surface area contributed by atoms with Crippen molar-refractivity contribution < 1.29 is 4.79 Å². The molecule has 1 aromatic rings. The van der Waals surface area contributed by atoms with Crippen molar-refractivity contribution in [2.75, 3.05) is 11.4 Å². The molecule has 74 valence electrons. The van der Waals surface area contributed by atoms with Crippen LogP contribution in [0.25, 0.3) is 0 Å². The van der Waals surface area contributed by atoms with Gasteiger partial charge in [0.15, 0.2) is 0 Å². The summed E-state index contributed by atoms with van der Waals surface area (Å²) < 4.78 is 0.949. The van der Waals surface area contributed by atoms with Crippen LogP contribution in [-0.4, -0.2) is 12.5 Å². The molecular formula is C9H6Cl2INO. The van der Waals surface area contributed by atoms with E-state index in [4.69, 9.17) is 23.2 Å². The molecule has 0 atom stereocenters. The zero-order chi connectivity index (χ0) is 10.3. The topological polar surface area (TPSA) is 20.3 Å². The summed E-state index contributed by atoms with van der Waals surface area (Å²) in [6.07, 6.45) is 0.596. The molecule has 1 aromatic carbocycles. The van der Waals surface area contributed by atoms with E-state index in [0.29, 0.717) is 16.5 Å². The molecule has 1 saturated heterocycles. The summed E-state index contributed by atoms with van der Waals surface area (Å²) >= 11 is 14.1. The Morgan fingerprint density at radius 2 is 2.07 bits per heavy atom. The number of carbonyl (C=O) groups excluding carboxylic acids is 1. The van der Waals surface area contributed by atoms with Crippen LogP contribution >= 0.6 is 45.8 Å². The van der Waals surface area contributed by atoms with Crippen molar-refractivity contribution in [1.82, 2.24) is 0 Å². The fourth-order valence-electron chi connectivity index (χ4n) is 1.32. The van der Waals surface area contributed by atoms with Gasteiger partial charge in [0.25, 0.3) is 0 Å². The van der Waals surface area contributed by atoms with Gasteiger partial charge in [-0.1, -0.05) is 23.2 Å². The maximum absolute atomic E-state index is 11.3. The van der Waals surface area contributed by atoms with Crippen molar-refractivity contribution in [3.05, 3.63) is 25.7 Å². The number of β-lactam (4-membered cyclic amide) rings is 1. The smallest absolute Gasteiger partial charge is 0.228 e. The lowest BCUT2D eigenvalue weighted by Gasteiger charge is -2.32. The molecule has 14 heavy (non-hydrogen) atoms. The Bertz CT molecular complexity index is 408. The molecule has 1 aliphatic rings. The first kappa shape index (κ1) is 10.5. The van der Waals surface area contributed by atoms with Crippen LogP contribution in [0.1, 0.15) is 6.42 Å². The molecule has 0 spiro atoms. The normalized spacial score (nSPS) is 15.6. The Labute approximate surface area is 105 Å². The van der Waals surface area contributed by atoms with Gasteiger partial charge in [0.2, 0.25) is 5.91 Å². The highest BCUT2D eigenvalue weighted by Crippen LogP contribution is 2.38. The predicted molar refractivity (Wildman–Crippen MR) is 66.1 cm³/mol. The Balaban J connectivity index is 2.50. The molecule has 0 bridgehead atoms. The summed E-state index contributed by atoms with van der Waals surface area (Å²) in [4.78, 5) is 12.9. The standard InChI is InChI=1S/C9H6Cl2INO/c10-5-1-2-6(12)9(8(5)11)13-4-3-7(13)14/h1-2H,3-4H2. The minimum absolute atomic E-state index is 0.104. The summed E-state index contributed by atoms with van der Waals surface area (Å²) in [6.45, 7) is 0.731. The molecule has 0 unspecified atom stereocenters. The summed E-state index contributed by atoms with van der Waals surface area (Å²) in [7, 11) is 0. The third-order valence-corrected chi connectivity index (χ3v) is 3.80. The minimum atomic E-state index is 0.104. The summed E-state index contributed by atoms with van der Waals surface area (Å²) in [6, 6.07) is 3.59. The van der Waals surface area contributed by atoms with Crippen molar-refractivity contribution in [1.29, 1.82) is 0 Å². The number of rotatable bonds is 1. The van der Waals surface area contributed by atoms with Crippen LogP contribution in [0.15, 0.2) is 12.1 Å². The largest absolute Gasteiger partial charge is 0.309 e. The second-order valence-electron chi connectivity index (χ2n) is 2.99. The van der Waals surface area contributed by atoms with Crippen LogP contribution in [0.4, 0.5) is 5.69 Å². The molecule has 1 aliphatic heterocycles. The van der Waals surface area contributed by atoms with E-state index in [2.05, 4.69) is 22.6 Å². The van der Waals surface area contributed by atoms with Crippen molar-refractivity contribution in [3.8, 4) is 0 Å². The van der Waals surface area contributed by atoms with E-state index in [0.717, 1.165) is 15.8 Å². The number of halogens is 3. The van der Waals surface area contributed by atoms with Crippen LogP contribution in [0.2, 0.25) is 10.0 Å². The van der Waals surface area contributed by atoms with Gasteiger partial charge in [0, 0.05) is 16.5 Å². The zero-order valence-electron chi connectivity index (χ0n) is 7.06. The predicted octanol–water partition coefficient (Wildman–Crippen LogP) is 3.33. The van der Waals surface area contributed by atoms with Gasteiger partial charge < -0.3 is 4.90 Å². The Kier molecular flexibility index (Phi) is 2.91. The number of nitrogens with zero attached hydrogens (tertiary/aromatic N) is 1. The molecule has 0 saturated carbocycles. The fraction of sp³-hybridized carbons (Fsp3) is 0.222. The number of carbonyl (C=O) groups is 1. The molecular weight excluding hydrogens is 336 g/mol. The Morgan fingerprint density at radius 3 is 2.57 bits per heavy atom. The Morgan fingerprint density at radius 1 is 1.36 bits per heavy atom. The van der Waals surface area contributed by atoms with Crippen LogP contribution in [0.5, 0.6) is 0 Å². The molecule has 1 heterocycles. The van der Waals surface area contributed by atoms with E-state index in [1.165, 1.54) is 0 Å². The number of hydrogen-bond acceptors (Lipinski definition) is 1. The highest BCUT2D eigenvalue weighted by molar-refractivity contribution is 14.1. The highest BCUT2D eigenvalue weighted by Gasteiger charge is 2.29. The molecule has 0 aliphatic carbocycles. The van der Waals surface area contributed by atoms with E-state index in [-0.39, 0.29) is 5.91 Å². The average Bonchev–Trinajstić information content (AvgIpc) is 2.16. The van der Waals surface area contributed by atoms with Gasteiger partial charge in [0.1, 0.15) is 0 Å². The summed E-state index contributed by atoms with van der Waals surface area (Å²) in [5, 5.41) is 0.952. The SMILES string of the molecule is O=C1CCN1c1c(I)ccc(Cl)c1Cl. The van der Waals surface area contributed by atoms with Crippen LogP contribution in [0.3, 0.4) is 0 Å². The van der Waals surface area contributed by atoms with Crippen LogP contribution in [-0.2, 0) is 4.79 Å². The van der Waals surface area contributed by atoms with Crippen molar-refractivity contribution in [2.24, 2.45) is 0 Å². The lowest BCUT2D eigenvalue weighted by molar-refractivity contribution is -0.122. The lowest BCUT2D eigenvalue weighted by Crippen LogP contribution is -2.44. The Hall–Kier alpha value is -0.000000000000000111. The minimum Gasteiger partial charge on any atom is -0.309 e. The van der Waals surface area contributed by atoms with Gasteiger partial charge >= 0.3 is 0 Å². The van der Waals surface area contributed by atoms with Gasteiger partial charge in [-0.05, 0) is 34.7 Å². The summed E-state index contributed by atoms with van der Waals surface area (Å²) in [5.41, 5.74) is 0.746. The van der Waals surface area contributed by atoms with Gasteiger partial charge in [0.05, 0.1) is 15.7 Å². The van der Waals surface area contributed by atoms with E-state index < -0.39 is 0 Å². The van der Waals surface area contributed by atoms with E-state index in [9.17, 15) is 4.79 Å². The van der Waals surface area contributed by atoms with E-state index >= 15 is 0 Å².